The van der Waals surface area contributed by atoms with Crippen LogP contribution in [0, 0.1) is 0 Å². The predicted molar refractivity (Wildman–Crippen MR) is 65.6 cm³/mol. The van der Waals surface area contributed by atoms with Crippen molar-refractivity contribution in [1.29, 1.82) is 0 Å². The van der Waals surface area contributed by atoms with Crippen LogP contribution in [0.25, 0.3) is 0 Å². The van der Waals surface area contributed by atoms with Gasteiger partial charge in [0.15, 0.2) is 0 Å². The Morgan fingerprint density at radius 1 is 1.40 bits per heavy atom. The Hall–Kier alpha value is -0.240. The average Bonchev–Trinajstić information content (AvgIpc) is 2.65. The highest BCUT2D eigenvalue weighted by Gasteiger charge is 2.23. The molecule has 0 aliphatic carbocycles. The largest absolute Gasteiger partial charge is 0.295 e. The maximum atomic E-state index is 5.96. The van der Waals surface area contributed by atoms with E-state index in [-0.39, 0.29) is 0 Å². The second-order valence-electron chi connectivity index (χ2n) is 4.05. The molecule has 1 heterocycles. The first-order valence-electron chi connectivity index (χ1n) is 5.34. The standard InChI is InChI=1S/C12H15Cl2N/c13-8-12-5-2-6-15(12)9-10-3-1-4-11(14)7-10/h1,3-4,7,12H,2,5-6,8-9H2. The second kappa shape index (κ2) is 5.20. The zero-order valence-electron chi connectivity index (χ0n) is 8.63. The summed E-state index contributed by atoms with van der Waals surface area (Å²) in [7, 11) is 0. The van der Waals surface area contributed by atoms with E-state index in [2.05, 4.69) is 11.0 Å². The molecule has 3 heteroatoms. The van der Waals surface area contributed by atoms with Crippen molar-refractivity contribution in [3.8, 4) is 0 Å². The normalized spacial score (nSPS) is 22.1. The van der Waals surface area contributed by atoms with E-state index in [0.29, 0.717) is 6.04 Å². The fourth-order valence-corrected chi connectivity index (χ4v) is 2.71. The van der Waals surface area contributed by atoms with Gasteiger partial charge in [-0.15, -0.1) is 11.6 Å². The Balaban J connectivity index is 2.02. The van der Waals surface area contributed by atoms with Crippen molar-refractivity contribution >= 4 is 23.2 Å². The fourth-order valence-electron chi connectivity index (χ4n) is 2.15. The van der Waals surface area contributed by atoms with Gasteiger partial charge in [0.05, 0.1) is 0 Å². The molecule has 0 bridgehead atoms. The molecule has 0 amide bonds. The van der Waals surface area contributed by atoms with Crippen LogP contribution in [-0.4, -0.2) is 23.4 Å². The Bertz CT molecular complexity index is 327. The van der Waals surface area contributed by atoms with Gasteiger partial charge in [-0.1, -0.05) is 23.7 Å². The molecule has 1 aliphatic heterocycles. The number of alkyl halides is 1. The van der Waals surface area contributed by atoms with Crippen molar-refractivity contribution in [1.82, 2.24) is 4.90 Å². The highest BCUT2D eigenvalue weighted by Crippen LogP contribution is 2.21. The summed E-state index contributed by atoms with van der Waals surface area (Å²) < 4.78 is 0. The maximum Gasteiger partial charge on any atom is 0.0409 e. The zero-order chi connectivity index (χ0) is 10.7. The van der Waals surface area contributed by atoms with Gasteiger partial charge in [-0.25, -0.2) is 0 Å². The lowest BCUT2D eigenvalue weighted by atomic mass is 10.2. The predicted octanol–water partition coefficient (Wildman–Crippen LogP) is 3.54. The van der Waals surface area contributed by atoms with Crippen molar-refractivity contribution in [3.05, 3.63) is 34.9 Å². The van der Waals surface area contributed by atoms with Crippen LogP contribution in [0.3, 0.4) is 0 Å². The quantitative estimate of drug-likeness (QED) is 0.735. The van der Waals surface area contributed by atoms with Gasteiger partial charge in [0.1, 0.15) is 0 Å². The molecule has 0 spiro atoms. The van der Waals surface area contributed by atoms with Crippen LogP contribution in [-0.2, 0) is 6.54 Å². The van der Waals surface area contributed by atoms with Crippen LogP contribution in [0.15, 0.2) is 24.3 Å². The molecule has 1 nitrogen and oxygen atoms in total. The summed E-state index contributed by atoms with van der Waals surface area (Å²) in [5.41, 5.74) is 1.28. The third-order valence-electron chi connectivity index (χ3n) is 2.95. The minimum Gasteiger partial charge on any atom is -0.295 e. The monoisotopic (exact) mass is 243 g/mol. The van der Waals surface area contributed by atoms with Crippen molar-refractivity contribution in [2.75, 3.05) is 12.4 Å². The molecule has 0 saturated carbocycles. The Labute approximate surface area is 101 Å². The number of likely N-dealkylation sites (tertiary alicyclic amines) is 1. The van der Waals surface area contributed by atoms with Gasteiger partial charge in [0, 0.05) is 23.5 Å². The van der Waals surface area contributed by atoms with E-state index in [1.165, 1.54) is 18.4 Å². The molecule has 15 heavy (non-hydrogen) atoms. The number of hydrogen-bond donors (Lipinski definition) is 0. The molecule has 0 N–H and O–H groups in total. The van der Waals surface area contributed by atoms with Crippen molar-refractivity contribution < 1.29 is 0 Å². The molecule has 1 unspecified atom stereocenters. The van der Waals surface area contributed by atoms with Crippen LogP contribution in [0.5, 0.6) is 0 Å². The number of rotatable bonds is 3. The Morgan fingerprint density at radius 2 is 2.27 bits per heavy atom. The molecular formula is C12H15Cl2N. The number of benzene rings is 1. The van der Waals surface area contributed by atoms with Gasteiger partial charge in [-0.3, -0.25) is 4.90 Å². The first-order chi connectivity index (χ1) is 7.29. The number of halogens is 2. The SMILES string of the molecule is ClCC1CCCN1Cc1cccc(Cl)c1. The molecule has 1 atom stereocenters. The van der Waals surface area contributed by atoms with Gasteiger partial charge in [0.25, 0.3) is 0 Å². The maximum absolute atomic E-state index is 5.96. The van der Waals surface area contributed by atoms with Gasteiger partial charge in [-0.2, -0.15) is 0 Å². The first kappa shape index (κ1) is 11.3. The summed E-state index contributed by atoms with van der Waals surface area (Å²) in [4.78, 5) is 2.44. The Kier molecular flexibility index (Phi) is 3.90. The summed E-state index contributed by atoms with van der Waals surface area (Å²) in [6.07, 6.45) is 2.49. The lowest BCUT2D eigenvalue weighted by Crippen LogP contribution is -2.30. The molecule has 1 aromatic carbocycles. The highest BCUT2D eigenvalue weighted by atomic mass is 35.5. The minimum absolute atomic E-state index is 0.547. The van der Waals surface area contributed by atoms with Crippen LogP contribution in [0.4, 0.5) is 0 Å². The van der Waals surface area contributed by atoms with E-state index in [0.717, 1.165) is 24.0 Å². The van der Waals surface area contributed by atoms with Crippen LogP contribution >= 0.6 is 23.2 Å². The van der Waals surface area contributed by atoms with Crippen LogP contribution in [0.2, 0.25) is 5.02 Å². The average molecular weight is 244 g/mol. The van der Waals surface area contributed by atoms with E-state index < -0.39 is 0 Å². The lowest BCUT2D eigenvalue weighted by Gasteiger charge is -2.22. The molecule has 2 rings (SSSR count). The van der Waals surface area contributed by atoms with Gasteiger partial charge in [0.2, 0.25) is 0 Å². The molecule has 82 valence electrons. The fraction of sp³-hybridized carbons (Fsp3) is 0.500. The number of nitrogens with zero attached hydrogens (tertiary/aromatic N) is 1. The second-order valence-corrected chi connectivity index (χ2v) is 4.80. The van der Waals surface area contributed by atoms with Crippen molar-refractivity contribution in [3.63, 3.8) is 0 Å². The van der Waals surface area contributed by atoms with E-state index >= 15 is 0 Å². The Morgan fingerprint density at radius 3 is 3.00 bits per heavy atom. The van der Waals surface area contributed by atoms with E-state index in [4.69, 9.17) is 23.2 Å². The summed E-state index contributed by atoms with van der Waals surface area (Å²) >= 11 is 11.9. The molecule has 0 radical (unpaired) electrons. The molecule has 1 aliphatic rings. The summed E-state index contributed by atoms with van der Waals surface area (Å²) in [5.74, 6) is 0.737. The summed E-state index contributed by atoms with van der Waals surface area (Å²) in [6.45, 7) is 2.13. The van der Waals surface area contributed by atoms with Crippen molar-refractivity contribution in [2.45, 2.75) is 25.4 Å². The molecule has 1 aromatic rings. The highest BCUT2D eigenvalue weighted by molar-refractivity contribution is 6.30. The number of hydrogen-bond acceptors (Lipinski definition) is 1. The molecule has 1 fully saturated rings. The third kappa shape index (κ3) is 2.87. The zero-order valence-corrected chi connectivity index (χ0v) is 10.1. The van der Waals surface area contributed by atoms with Crippen molar-refractivity contribution in [2.24, 2.45) is 0 Å². The van der Waals surface area contributed by atoms with Crippen LogP contribution in [0.1, 0.15) is 18.4 Å². The van der Waals surface area contributed by atoms with Crippen LogP contribution < -0.4 is 0 Å². The van der Waals surface area contributed by atoms with E-state index in [1.807, 2.05) is 18.2 Å². The van der Waals surface area contributed by atoms with E-state index in [9.17, 15) is 0 Å². The summed E-state index contributed by atoms with van der Waals surface area (Å²) in [6, 6.07) is 8.61. The minimum atomic E-state index is 0.547. The summed E-state index contributed by atoms with van der Waals surface area (Å²) in [5, 5.41) is 0.814. The van der Waals surface area contributed by atoms with Gasteiger partial charge in [-0.05, 0) is 37.1 Å². The van der Waals surface area contributed by atoms with Gasteiger partial charge < -0.3 is 0 Å². The lowest BCUT2D eigenvalue weighted by molar-refractivity contribution is 0.263. The molecular weight excluding hydrogens is 229 g/mol. The first-order valence-corrected chi connectivity index (χ1v) is 6.25. The van der Waals surface area contributed by atoms with E-state index in [1.54, 1.807) is 0 Å². The third-order valence-corrected chi connectivity index (χ3v) is 3.54. The smallest absolute Gasteiger partial charge is 0.0409 e. The molecule has 0 aromatic heterocycles. The topological polar surface area (TPSA) is 3.24 Å². The molecule has 1 saturated heterocycles. The van der Waals surface area contributed by atoms with Gasteiger partial charge >= 0.3 is 0 Å².